The highest BCUT2D eigenvalue weighted by Gasteiger charge is 2.13. The second-order valence-electron chi connectivity index (χ2n) is 5.67. The predicted octanol–water partition coefficient (Wildman–Crippen LogP) is 2.75. The van der Waals surface area contributed by atoms with Crippen LogP contribution in [0.1, 0.15) is 6.92 Å². The summed E-state index contributed by atoms with van der Waals surface area (Å²) in [5, 5.41) is 14.8. The summed E-state index contributed by atoms with van der Waals surface area (Å²) in [5.41, 5.74) is 1.96. The summed E-state index contributed by atoms with van der Waals surface area (Å²) < 4.78 is 22.7. The van der Waals surface area contributed by atoms with Crippen LogP contribution in [0.3, 0.4) is 0 Å². The highest BCUT2D eigenvalue weighted by atomic mass is 79.9. The van der Waals surface area contributed by atoms with Crippen molar-refractivity contribution in [1.29, 1.82) is 0 Å². The first-order valence-electron chi connectivity index (χ1n) is 7.78. The molecule has 0 radical (unpaired) electrons. The van der Waals surface area contributed by atoms with Crippen LogP contribution in [0.25, 0.3) is 16.9 Å². The van der Waals surface area contributed by atoms with Crippen molar-refractivity contribution in [2.75, 3.05) is 0 Å². The Morgan fingerprint density at radius 2 is 2.19 bits per heavy atom. The summed E-state index contributed by atoms with van der Waals surface area (Å²) in [6.07, 6.45) is 3.08. The van der Waals surface area contributed by atoms with Gasteiger partial charge in [0.05, 0.1) is 12.2 Å². The fourth-order valence-corrected chi connectivity index (χ4v) is 2.91. The lowest BCUT2D eigenvalue weighted by atomic mass is 10.1. The first kappa shape index (κ1) is 16.6. The van der Waals surface area contributed by atoms with Crippen LogP contribution in [0.2, 0.25) is 0 Å². The number of benzene rings is 1. The number of tetrazole rings is 1. The average Bonchev–Trinajstić information content (AvgIpc) is 3.23. The summed E-state index contributed by atoms with van der Waals surface area (Å²) in [6.45, 7) is 2.47. The summed E-state index contributed by atoms with van der Waals surface area (Å²) in [7, 11) is 0. The number of aromatic nitrogens is 7. The number of hydrogen-bond acceptors (Lipinski definition) is 6. The summed E-state index contributed by atoms with van der Waals surface area (Å²) in [5.74, 6) is 0.103. The quantitative estimate of drug-likeness (QED) is 0.496. The SMILES string of the molecule is CC(Cn1cnnn1)Oc1cccc(-c2ccn3nc(F)c(Br)c3n2)c1. The third-order valence-corrected chi connectivity index (χ3v) is 4.37. The van der Waals surface area contributed by atoms with Gasteiger partial charge in [0.2, 0.25) is 5.95 Å². The van der Waals surface area contributed by atoms with Crippen LogP contribution in [0.15, 0.2) is 47.3 Å². The first-order valence-corrected chi connectivity index (χ1v) is 8.58. The number of halogens is 2. The largest absolute Gasteiger partial charge is 0.489 e. The zero-order chi connectivity index (χ0) is 18.1. The van der Waals surface area contributed by atoms with Crippen LogP contribution in [0.5, 0.6) is 5.75 Å². The lowest BCUT2D eigenvalue weighted by molar-refractivity contribution is 0.193. The predicted molar refractivity (Wildman–Crippen MR) is 94.0 cm³/mol. The van der Waals surface area contributed by atoms with E-state index in [-0.39, 0.29) is 10.6 Å². The number of hydrogen-bond donors (Lipinski definition) is 0. The molecular formula is C16H13BrFN7O. The topological polar surface area (TPSA) is 83.0 Å². The first-order chi connectivity index (χ1) is 12.6. The Labute approximate surface area is 155 Å². The fraction of sp³-hybridized carbons (Fsp3) is 0.188. The van der Waals surface area contributed by atoms with Crippen molar-refractivity contribution >= 4 is 21.6 Å². The minimum Gasteiger partial charge on any atom is -0.489 e. The van der Waals surface area contributed by atoms with E-state index >= 15 is 0 Å². The third-order valence-electron chi connectivity index (χ3n) is 3.69. The molecule has 0 amide bonds. The summed E-state index contributed by atoms with van der Waals surface area (Å²) >= 11 is 3.17. The smallest absolute Gasteiger partial charge is 0.249 e. The van der Waals surface area contributed by atoms with Gasteiger partial charge in [0.15, 0.2) is 5.65 Å². The van der Waals surface area contributed by atoms with Gasteiger partial charge < -0.3 is 4.74 Å². The van der Waals surface area contributed by atoms with E-state index in [0.717, 1.165) is 5.56 Å². The molecule has 3 heterocycles. The van der Waals surface area contributed by atoms with Gasteiger partial charge in [-0.05, 0) is 51.5 Å². The van der Waals surface area contributed by atoms with Gasteiger partial charge in [-0.15, -0.1) is 10.2 Å². The molecule has 8 nitrogen and oxygen atoms in total. The van der Waals surface area contributed by atoms with Crippen LogP contribution in [-0.4, -0.2) is 40.9 Å². The van der Waals surface area contributed by atoms with Gasteiger partial charge in [-0.3, -0.25) is 0 Å². The van der Waals surface area contributed by atoms with Crippen molar-refractivity contribution in [3.63, 3.8) is 0 Å². The Balaban J connectivity index is 1.58. The van der Waals surface area contributed by atoms with Crippen molar-refractivity contribution in [2.45, 2.75) is 19.6 Å². The molecule has 26 heavy (non-hydrogen) atoms. The maximum absolute atomic E-state index is 13.6. The van der Waals surface area contributed by atoms with Crippen LogP contribution < -0.4 is 4.74 Å². The second kappa shape index (κ2) is 6.79. The van der Waals surface area contributed by atoms with Crippen LogP contribution in [0, 0.1) is 5.95 Å². The van der Waals surface area contributed by atoms with Crippen LogP contribution >= 0.6 is 15.9 Å². The van der Waals surface area contributed by atoms with Crippen LogP contribution in [0.4, 0.5) is 4.39 Å². The van der Waals surface area contributed by atoms with Crippen LogP contribution in [-0.2, 0) is 6.54 Å². The number of rotatable bonds is 5. The maximum Gasteiger partial charge on any atom is 0.249 e. The molecule has 0 aliphatic heterocycles. The highest BCUT2D eigenvalue weighted by Crippen LogP contribution is 2.26. The zero-order valence-corrected chi connectivity index (χ0v) is 15.2. The van der Waals surface area contributed by atoms with Gasteiger partial charge in [-0.2, -0.15) is 4.39 Å². The van der Waals surface area contributed by atoms with Gasteiger partial charge >= 0.3 is 0 Å². The minimum absolute atomic E-state index is 0.123. The van der Waals surface area contributed by atoms with Crippen molar-refractivity contribution in [3.05, 3.63) is 53.3 Å². The van der Waals surface area contributed by atoms with Crippen molar-refractivity contribution in [3.8, 4) is 17.0 Å². The Hall–Kier alpha value is -2.88. The van der Waals surface area contributed by atoms with Crippen molar-refractivity contribution in [1.82, 2.24) is 34.8 Å². The molecule has 0 spiro atoms. The molecule has 0 fully saturated rings. The number of ether oxygens (including phenoxy) is 1. The zero-order valence-electron chi connectivity index (χ0n) is 13.6. The molecule has 0 saturated heterocycles. The van der Waals surface area contributed by atoms with E-state index < -0.39 is 5.95 Å². The average molecular weight is 418 g/mol. The van der Waals surface area contributed by atoms with Crippen molar-refractivity contribution < 1.29 is 9.13 Å². The van der Waals surface area contributed by atoms with Gasteiger partial charge in [-0.25, -0.2) is 14.2 Å². The Morgan fingerprint density at radius 3 is 3.00 bits per heavy atom. The molecule has 0 bridgehead atoms. The lowest BCUT2D eigenvalue weighted by Gasteiger charge is -2.14. The van der Waals surface area contributed by atoms with E-state index in [1.165, 1.54) is 10.8 Å². The van der Waals surface area contributed by atoms with E-state index in [4.69, 9.17) is 4.74 Å². The Morgan fingerprint density at radius 1 is 1.31 bits per heavy atom. The lowest BCUT2D eigenvalue weighted by Crippen LogP contribution is -2.20. The minimum atomic E-state index is -0.594. The van der Waals surface area contributed by atoms with E-state index in [9.17, 15) is 4.39 Å². The van der Waals surface area contributed by atoms with Gasteiger partial charge in [0.25, 0.3) is 0 Å². The van der Waals surface area contributed by atoms with E-state index in [1.807, 2.05) is 31.2 Å². The fourth-order valence-electron chi connectivity index (χ4n) is 2.56. The van der Waals surface area contributed by atoms with Gasteiger partial charge in [0, 0.05) is 11.8 Å². The van der Waals surface area contributed by atoms with Gasteiger partial charge in [-0.1, -0.05) is 12.1 Å². The second-order valence-corrected chi connectivity index (χ2v) is 6.47. The molecule has 3 aromatic heterocycles. The van der Waals surface area contributed by atoms with Crippen molar-refractivity contribution in [2.24, 2.45) is 0 Å². The molecular weight excluding hydrogens is 405 g/mol. The standard InChI is InChI=1S/C16H13BrFN7O/c1-10(8-24-9-19-22-23-24)26-12-4-2-3-11(7-12)13-5-6-25-16(20-13)14(17)15(18)21-25/h2-7,9-10H,8H2,1H3. The Bertz CT molecular complexity index is 1050. The molecule has 0 saturated carbocycles. The monoisotopic (exact) mass is 417 g/mol. The summed E-state index contributed by atoms with van der Waals surface area (Å²) in [4.78, 5) is 4.47. The molecule has 1 unspecified atom stereocenters. The number of fused-ring (bicyclic) bond motifs is 1. The third kappa shape index (κ3) is 3.27. The maximum atomic E-state index is 13.6. The summed E-state index contributed by atoms with van der Waals surface area (Å²) in [6, 6.07) is 9.32. The molecule has 4 aromatic rings. The highest BCUT2D eigenvalue weighted by molar-refractivity contribution is 9.10. The molecule has 0 aliphatic rings. The number of nitrogens with zero attached hydrogens (tertiary/aromatic N) is 7. The molecule has 0 N–H and O–H groups in total. The van der Waals surface area contributed by atoms with Gasteiger partial charge in [0.1, 0.15) is 22.7 Å². The van der Waals surface area contributed by atoms with E-state index in [1.54, 1.807) is 16.9 Å². The molecule has 0 aliphatic carbocycles. The molecule has 1 aromatic carbocycles. The molecule has 132 valence electrons. The van der Waals surface area contributed by atoms with E-state index in [0.29, 0.717) is 23.6 Å². The molecule has 10 heteroatoms. The Kier molecular flexibility index (Phi) is 4.33. The van der Waals surface area contributed by atoms with E-state index in [2.05, 4.69) is 41.5 Å². The molecule has 4 rings (SSSR count). The molecule has 1 atom stereocenters. The normalized spacial score (nSPS) is 12.4.